The summed E-state index contributed by atoms with van der Waals surface area (Å²) in [6, 6.07) is 2.87. The summed E-state index contributed by atoms with van der Waals surface area (Å²) in [5.41, 5.74) is 2.46. The maximum absolute atomic E-state index is 5.07. The Balaban J connectivity index is 1.87. The van der Waals surface area contributed by atoms with Gasteiger partial charge in [0.15, 0.2) is 0 Å². The Kier molecular flexibility index (Phi) is 6.01. The molecule has 1 saturated heterocycles. The second-order valence-electron chi connectivity index (χ2n) is 5.56. The minimum Gasteiger partial charge on any atom is -0.383 e. The molecule has 1 N–H and O–H groups in total. The number of aromatic nitrogens is 2. The third-order valence-electron chi connectivity index (χ3n) is 4.01. The van der Waals surface area contributed by atoms with Gasteiger partial charge in [-0.25, -0.2) is 0 Å². The third kappa shape index (κ3) is 4.04. The van der Waals surface area contributed by atoms with Gasteiger partial charge in [0, 0.05) is 39.3 Å². The summed E-state index contributed by atoms with van der Waals surface area (Å²) in [5, 5.41) is 8.03. The lowest BCUT2D eigenvalue weighted by Crippen LogP contribution is -2.38. The van der Waals surface area contributed by atoms with Crippen LogP contribution in [0.4, 0.5) is 0 Å². The highest BCUT2D eigenvalue weighted by atomic mass is 16.5. The maximum Gasteiger partial charge on any atom is 0.0597 e. The first-order chi connectivity index (χ1) is 9.74. The fraction of sp³-hybridized carbons (Fsp3) is 0.800. The summed E-state index contributed by atoms with van der Waals surface area (Å²) < 4.78 is 7.20. The van der Waals surface area contributed by atoms with E-state index in [9.17, 15) is 0 Å². The summed E-state index contributed by atoms with van der Waals surface area (Å²) in [6.45, 7) is 10.2. The maximum atomic E-state index is 5.07. The molecule has 1 aliphatic rings. The van der Waals surface area contributed by atoms with Crippen LogP contribution in [0.15, 0.2) is 6.07 Å². The smallest absolute Gasteiger partial charge is 0.0597 e. The Morgan fingerprint density at radius 1 is 1.50 bits per heavy atom. The Morgan fingerprint density at radius 2 is 2.35 bits per heavy atom. The van der Waals surface area contributed by atoms with E-state index in [1.165, 1.54) is 25.1 Å². The van der Waals surface area contributed by atoms with E-state index in [0.717, 1.165) is 38.5 Å². The van der Waals surface area contributed by atoms with E-state index in [1.807, 2.05) is 0 Å². The number of rotatable bonds is 8. The predicted molar refractivity (Wildman–Crippen MR) is 80.8 cm³/mol. The number of ether oxygens (including phenoxy) is 1. The molecule has 0 saturated carbocycles. The average molecular weight is 280 g/mol. The molecular formula is C15H28N4O. The van der Waals surface area contributed by atoms with Gasteiger partial charge in [0.05, 0.1) is 18.0 Å². The second kappa shape index (κ2) is 7.76. The molecule has 1 aromatic rings. The number of nitrogens with one attached hydrogen (secondary N) is 1. The van der Waals surface area contributed by atoms with Crippen LogP contribution in [0, 0.1) is 6.92 Å². The first-order valence-electron chi connectivity index (χ1n) is 7.71. The Bertz CT molecular complexity index is 405. The summed E-state index contributed by atoms with van der Waals surface area (Å²) >= 11 is 0. The van der Waals surface area contributed by atoms with Gasteiger partial charge in [-0.15, -0.1) is 0 Å². The van der Waals surface area contributed by atoms with Crippen LogP contribution in [0.3, 0.4) is 0 Å². The number of hydrogen-bond donors (Lipinski definition) is 1. The van der Waals surface area contributed by atoms with Crippen LogP contribution in [-0.4, -0.2) is 54.1 Å². The van der Waals surface area contributed by atoms with E-state index < -0.39 is 0 Å². The molecule has 1 aliphatic heterocycles. The third-order valence-corrected chi connectivity index (χ3v) is 4.01. The van der Waals surface area contributed by atoms with Crippen molar-refractivity contribution in [2.75, 3.05) is 33.4 Å². The van der Waals surface area contributed by atoms with Crippen molar-refractivity contribution in [2.45, 2.75) is 45.8 Å². The number of hydrogen-bond acceptors (Lipinski definition) is 4. The lowest BCUT2D eigenvalue weighted by atomic mass is 10.2. The molecule has 0 amide bonds. The largest absolute Gasteiger partial charge is 0.383 e. The Labute approximate surface area is 122 Å². The molecule has 0 aromatic carbocycles. The molecule has 1 fully saturated rings. The van der Waals surface area contributed by atoms with Crippen LogP contribution in [0.1, 0.15) is 31.2 Å². The second-order valence-corrected chi connectivity index (χ2v) is 5.56. The minimum atomic E-state index is 0.646. The number of methoxy groups -OCH3 is 1. The summed E-state index contributed by atoms with van der Waals surface area (Å²) in [4.78, 5) is 2.59. The first kappa shape index (κ1) is 15.5. The fourth-order valence-electron chi connectivity index (χ4n) is 2.99. The summed E-state index contributed by atoms with van der Waals surface area (Å²) in [5.74, 6) is 0. The van der Waals surface area contributed by atoms with Crippen molar-refractivity contribution >= 4 is 0 Å². The highest BCUT2D eigenvalue weighted by molar-refractivity contribution is 5.09. The predicted octanol–water partition coefficient (Wildman–Crippen LogP) is 1.41. The number of aryl methyl sites for hydroxylation is 2. The van der Waals surface area contributed by atoms with E-state index >= 15 is 0 Å². The van der Waals surface area contributed by atoms with Crippen LogP contribution in [-0.2, 0) is 17.8 Å². The summed E-state index contributed by atoms with van der Waals surface area (Å²) in [7, 11) is 1.75. The Hall–Kier alpha value is -0.910. The zero-order chi connectivity index (χ0) is 14.4. The quantitative estimate of drug-likeness (QED) is 0.731. The number of nitrogens with zero attached hydrogens (tertiary/aromatic N) is 3. The molecule has 5 nitrogen and oxygen atoms in total. The lowest BCUT2D eigenvalue weighted by Gasteiger charge is -2.25. The lowest BCUT2D eigenvalue weighted by molar-refractivity contribution is 0.190. The van der Waals surface area contributed by atoms with Gasteiger partial charge in [0.1, 0.15) is 0 Å². The van der Waals surface area contributed by atoms with Crippen molar-refractivity contribution in [3.8, 4) is 0 Å². The molecule has 0 radical (unpaired) electrons. The van der Waals surface area contributed by atoms with E-state index in [1.54, 1.807) is 7.11 Å². The summed E-state index contributed by atoms with van der Waals surface area (Å²) in [6.07, 6.45) is 2.59. The SMILES string of the molecule is CCn1nc(C)cc1CN1CCCC1CNCCOC. The van der Waals surface area contributed by atoms with Crippen molar-refractivity contribution in [1.29, 1.82) is 0 Å². The van der Waals surface area contributed by atoms with Gasteiger partial charge < -0.3 is 10.1 Å². The van der Waals surface area contributed by atoms with Crippen molar-refractivity contribution in [2.24, 2.45) is 0 Å². The first-order valence-corrected chi connectivity index (χ1v) is 7.71. The topological polar surface area (TPSA) is 42.3 Å². The van der Waals surface area contributed by atoms with Gasteiger partial charge in [-0.2, -0.15) is 5.10 Å². The van der Waals surface area contributed by atoms with Crippen LogP contribution < -0.4 is 5.32 Å². The van der Waals surface area contributed by atoms with E-state index in [2.05, 4.69) is 39.9 Å². The normalized spacial score (nSPS) is 19.9. The van der Waals surface area contributed by atoms with Gasteiger partial charge in [0.25, 0.3) is 0 Å². The standard InChI is InChI=1S/C15H28N4O/c1-4-19-15(10-13(2)17-19)12-18-8-5-6-14(18)11-16-7-9-20-3/h10,14,16H,4-9,11-12H2,1-3H3. The van der Waals surface area contributed by atoms with Crippen molar-refractivity contribution in [3.05, 3.63) is 17.5 Å². The molecule has 0 bridgehead atoms. The monoisotopic (exact) mass is 280 g/mol. The zero-order valence-corrected chi connectivity index (χ0v) is 13.1. The highest BCUT2D eigenvalue weighted by Crippen LogP contribution is 2.20. The van der Waals surface area contributed by atoms with E-state index in [4.69, 9.17) is 4.74 Å². The molecule has 1 atom stereocenters. The molecule has 2 heterocycles. The van der Waals surface area contributed by atoms with Crippen LogP contribution in [0.25, 0.3) is 0 Å². The molecule has 1 unspecified atom stereocenters. The minimum absolute atomic E-state index is 0.646. The van der Waals surface area contributed by atoms with Crippen molar-refractivity contribution in [1.82, 2.24) is 20.0 Å². The zero-order valence-electron chi connectivity index (χ0n) is 13.1. The van der Waals surface area contributed by atoms with E-state index in [-0.39, 0.29) is 0 Å². The van der Waals surface area contributed by atoms with Crippen LogP contribution in [0.2, 0.25) is 0 Å². The van der Waals surface area contributed by atoms with Gasteiger partial charge in [-0.1, -0.05) is 0 Å². The van der Waals surface area contributed by atoms with Crippen LogP contribution in [0.5, 0.6) is 0 Å². The van der Waals surface area contributed by atoms with Gasteiger partial charge in [0.2, 0.25) is 0 Å². The molecule has 114 valence electrons. The molecule has 0 spiro atoms. The molecule has 20 heavy (non-hydrogen) atoms. The van der Waals surface area contributed by atoms with Crippen molar-refractivity contribution < 1.29 is 4.74 Å². The fourth-order valence-corrected chi connectivity index (χ4v) is 2.99. The molecule has 1 aromatic heterocycles. The molecule has 5 heteroatoms. The average Bonchev–Trinajstić information content (AvgIpc) is 3.02. The van der Waals surface area contributed by atoms with Crippen LogP contribution >= 0.6 is 0 Å². The number of likely N-dealkylation sites (tertiary alicyclic amines) is 1. The highest BCUT2D eigenvalue weighted by Gasteiger charge is 2.25. The Morgan fingerprint density at radius 3 is 3.10 bits per heavy atom. The van der Waals surface area contributed by atoms with Gasteiger partial charge >= 0.3 is 0 Å². The van der Waals surface area contributed by atoms with E-state index in [0.29, 0.717) is 6.04 Å². The molecule has 2 rings (SSSR count). The van der Waals surface area contributed by atoms with Gasteiger partial charge in [-0.05, 0) is 39.3 Å². The van der Waals surface area contributed by atoms with Gasteiger partial charge in [-0.3, -0.25) is 9.58 Å². The van der Waals surface area contributed by atoms with Crippen molar-refractivity contribution in [3.63, 3.8) is 0 Å². The molecule has 0 aliphatic carbocycles. The molecular weight excluding hydrogens is 252 g/mol.